The van der Waals surface area contributed by atoms with Crippen LogP contribution in [-0.4, -0.2) is 19.3 Å². The van der Waals surface area contributed by atoms with Crippen molar-refractivity contribution in [2.24, 2.45) is 5.92 Å². The summed E-state index contributed by atoms with van der Waals surface area (Å²) in [7, 11) is 0. The molecule has 3 atom stereocenters. The molecule has 0 N–H and O–H groups in total. The van der Waals surface area contributed by atoms with Crippen LogP contribution in [0.2, 0.25) is 0 Å². The third kappa shape index (κ3) is 3.27. The van der Waals surface area contributed by atoms with Crippen LogP contribution in [0.4, 0.5) is 8.78 Å². The lowest BCUT2D eigenvalue weighted by atomic mass is 9.93. The third-order valence-electron chi connectivity index (χ3n) is 4.55. The predicted molar refractivity (Wildman–Crippen MR) is 76.2 cm³/mol. The number of epoxide rings is 1. The fraction of sp³-hybridized carbons (Fsp3) is 0.647. The Hall–Kier alpha value is -1.00. The van der Waals surface area contributed by atoms with E-state index in [0.717, 1.165) is 31.4 Å². The Balaban J connectivity index is 1.69. The molecule has 3 rings (SSSR count). The van der Waals surface area contributed by atoms with E-state index in [1.54, 1.807) is 6.07 Å². The van der Waals surface area contributed by atoms with Crippen LogP contribution in [0.3, 0.4) is 0 Å². The molecule has 21 heavy (non-hydrogen) atoms. The average Bonchev–Trinajstić information content (AvgIpc) is 3.29. The van der Waals surface area contributed by atoms with Crippen LogP contribution in [0.25, 0.3) is 0 Å². The van der Waals surface area contributed by atoms with Gasteiger partial charge in [-0.1, -0.05) is 6.92 Å². The number of ether oxygens (including phenoxy) is 2. The fourth-order valence-electron chi connectivity index (χ4n) is 3.06. The maximum Gasteiger partial charge on any atom is 0.165 e. The number of halogens is 2. The minimum atomic E-state index is -0.740. The van der Waals surface area contributed by atoms with Gasteiger partial charge in [0.15, 0.2) is 11.6 Å². The molecule has 2 aliphatic rings. The van der Waals surface area contributed by atoms with Crippen LogP contribution in [0.1, 0.15) is 49.0 Å². The van der Waals surface area contributed by atoms with Gasteiger partial charge in [0.1, 0.15) is 6.10 Å². The van der Waals surface area contributed by atoms with Crippen LogP contribution >= 0.6 is 0 Å². The second-order valence-corrected chi connectivity index (χ2v) is 6.39. The molecule has 2 nitrogen and oxygen atoms in total. The van der Waals surface area contributed by atoms with Gasteiger partial charge in [0.2, 0.25) is 0 Å². The molecular weight excluding hydrogens is 274 g/mol. The van der Waals surface area contributed by atoms with Crippen molar-refractivity contribution < 1.29 is 18.3 Å². The zero-order chi connectivity index (χ0) is 15.0. The van der Waals surface area contributed by atoms with Crippen molar-refractivity contribution in [1.29, 1.82) is 0 Å². The lowest BCUT2D eigenvalue weighted by Gasteiger charge is -2.27. The van der Waals surface area contributed by atoms with Crippen LogP contribution in [0, 0.1) is 24.5 Å². The summed E-state index contributed by atoms with van der Waals surface area (Å²) in [6, 6.07) is 1.73. The van der Waals surface area contributed by atoms with E-state index in [1.807, 2.05) is 6.92 Å². The van der Waals surface area contributed by atoms with Crippen molar-refractivity contribution in [2.45, 2.75) is 51.7 Å². The first kappa shape index (κ1) is 14.9. The van der Waals surface area contributed by atoms with Gasteiger partial charge in [-0.3, -0.25) is 0 Å². The molecule has 116 valence electrons. The Bertz CT molecular complexity index is 518. The van der Waals surface area contributed by atoms with Crippen molar-refractivity contribution in [3.05, 3.63) is 34.4 Å². The van der Waals surface area contributed by atoms with Crippen molar-refractivity contribution in [3.8, 4) is 0 Å². The molecule has 0 amide bonds. The number of hydrogen-bond acceptors (Lipinski definition) is 2. The second-order valence-electron chi connectivity index (χ2n) is 6.39. The Labute approximate surface area is 124 Å². The van der Waals surface area contributed by atoms with E-state index in [4.69, 9.17) is 9.47 Å². The van der Waals surface area contributed by atoms with Gasteiger partial charge >= 0.3 is 0 Å². The Morgan fingerprint density at radius 3 is 2.52 bits per heavy atom. The van der Waals surface area contributed by atoms with Crippen molar-refractivity contribution in [1.82, 2.24) is 0 Å². The van der Waals surface area contributed by atoms with E-state index in [-0.39, 0.29) is 12.2 Å². The summed E-state index contributed by atoms with van der Waals surface area (Å²) >= 11 is 0. The zero-order valence-electron chi connectivity index (χ0n) is 12.6. The molecule has 2 fully saturated rings. The summed E-state index contributed by atoms with van der Waals surface area (Å²) in [5.41, 5.74) is 1.65. The van der Waals surface area contributed by atoms with Gasteiger partial charge in [0.25, 0.3) is 0 Å². The van der Waals surface area contributed by atoms with Gasteiger partial charge < -0.3 is 9.47 Å². The van der Waals surface area contributed by atoms with Gasteiger partial charge in [-0.15, -0.1) is 0 Å². The summed E-state index contributed by atoms with van der Waals surface area (Å²) in [4.78, 5) is 0. The second kappa shape index (κ2) is 6.01. The highest BCUT2D eigenvalue weighted by molar-refractivity contribution is 5.36. The fourth-order valence-corrected chi connectivity index (χ4v) is 3.06. The van der Waals surface area contributed by atoms with E-state index in [2.05, 4.69) is 6.92 Å². The lowest BCUT2D eigenvalue weighted by molar-refractivity contribution is -0.0148. The SMILES string of the molecule is Cc1cc(C2CO2)c(F)c(F)c1CCC1CCC(C)CO1. The van der Waals surface area contributed by atoms with Crippen LogP contribution < -0.4 is 0 Å². The average molecular weight is 296 g/mol. The summed E-state index contributed by atoms with van der Waals surface area (Å²) in [5, 5.41) is 0. The number of aryl methyl sites for hydroxylation is 1. The maximum atomic E-state index is 14.3. The van der Waals surface area contributed by atoms with E-state index >= 15 is 0 Å². The summed E-state index contributed by atoms with van der Waals surface area (Å²) in [5.74, 6) is -0.837. The van der Waals surface area contributed by atoms with Gasteiger partial charge in [0, 0.05) is 12.2 Å². The highest BCUT2D eigenvalue weighted by atomic mass is 19.2. The number of hydrogen-bond donors (Lipinski definition) is 0. The zero-order valence-corrected chi connectivity index (χ0v) is 12.6. The van der Waals surface area contributed by atoms with E-state index in [9.17, 15) is 8.78 Å². The van der Waals surface area contributed by atoms with Gasteiger partial charge in [-0.25, -0.2) is 8.78 Å². The molecule has 3 unspecified atom stereocenters. The monoisotopic (exact) mass is 296 g/mol. The Kier molecular flexibility index (Phi) is 4.27. The molecule has 0 radical (unpaired) electrons. The number of benzene rings is 1. The highest BCUT2D eigenvalue weighted by Gasteiger charge is 2.31. The van der Waals surface area contributed by atoms with E-state index in [0.29, 0.717) is 30.1 Å². The van der Waals surface area contributed by atoms with Gasteiger partial charge in [-0.2, -0.15) is 0 Å². The van der Waals surface area contributed by atoms with Crippen molar-refractivity contribution in [3.63, 3.8) is 0 Å². The Morgan fingerprint density at radius 2 is 1.90 bits per heavy atom. The molecule has 2 saturated heterocycles. The maximum absolute atomic E-state index is 14.3. The highest BCUT2D eigenvalue weighted by Crippen LogP contribution is 2.35. The first-order valence-electron chi connectivity index (χ1n) is 7.76. The van der Waals surface area contributed by atoms with E-state index < -0.39 is 11.6 Å². The molecule has 0 saturated carbocycles. The molecule has 0 bridgehead atoms. The van der Waals surface area contributed by atoms with Crippen molar-refractivity contribution >= 4 is 0 Å². The van der Waals surface area contributed by atoms with E-state index in [1.165, 1.54) is 0 Å². The van der Waals surface area contributed by atoms with Crippen LogP contribution in [0.15, 0.2) is 6.07 Å². The molecule has 2 aliphatic heterocycles. The quantitative estimate of drug-likeness (QED) is 0.781. The standard InChI is InChI=1S/C17H22F2O2/c1-10-3-4-12(20-8-10)5-6-13-11(2)7-14(15-9-21-15)17(19)16(13)18/h7,10,12,15H,3-6,8-9H2,1-2H3. The largest absolute Gasteiger partial charge is 0.378 e. The molecular formula is C17H22F2O2. The normalized spacial score (nSPS) is 28.7. The van der Waals surface area contributed by atoms with Gasteiger partial charge in [0.05, 0.1) is 12.7 Å². The summed E-state index contributed by atoms with van der Waals surface area (Å²) in [6.45, 7) is 5.28. The van der Waals surface area contributed by atoms with Crippen molar-refractivity contribution in [2.75, 3.05) is 13.2 Å². The van der Waals surface area contributed by atoms with Crippen LogP contribution in [-0.2, 0) is 15.9 Å². The summed E-state index contributed by atoms with van der Waals surface area (Å²) in [6.07, 6.45) is 3.37. The molecule has 0 aromatic heterocycles. The number of rotatable bonds is 4. The topological polar surface area (TPSA) is 21.8 Å². The first-order chi connectivity index (χ1) is 10.1. The Morgan fingerprint density at radius 1 is 1.14 bits per heavy atom. The minimum Gasteiger partial charge on any atom is -0.378 e. The predicted octanol–water partition coefficient (Wildman–Crippen LogP) is 4.09. The van der Waals surface area contributed by atoms with Crippen LogP contribution in [0.5, 0.6) is 0 Å². The molecule has 4 heteroatoms. The molecule has 0 aliphatic carbocycles. The molecule has 1 aromatic carbocycles. The minimum absolute atomic E-state index is 0.175. The third-order valence-corrected chi connectivity index (χ3v) is 4.55. The molecule has 2 heterocycles. The molecule has 0 spiro atoms. The lowest BCUT2D eigenvalue weighted by Crippen LogP contribution is -2.25. The smallest absolute Gasteiger partial charge is 0.165 e. The summed E-state index contributed by atoms with van der Waals surface area (Å²) < 4.78 is 39.1. The first-order valence-corrected chi connectivity index (χ1v) is 7.76. The van der Waals surface area contributed by atoms with Gasteiger partial charge in [-0.05, 0) is 55.7 Å². The molecule has 1 aromatic rings.